The van der Waals surface area contributed by atoms with Gasteiger partial charge in [0.05, 0.1) is 0 Å². The SMILES string of the molecule is Cc1cc(C)cc(C)c1.O=P(O)(Oc1ccccc1)Oc1ccccc1. The van der Waals surface area contributed by atoms with E-state index in [1.165, 1.54) is 16.7 Å². The molecule has 0 fully saturated rings. The van der Waals surface area contributed by atoms with Gasteiger partial charge in [-0.1, -0.05) is 71.3 Å². The van der Waals surface area contributed by atoms with E-state index in [1.807, 2.05) is 0 Å². The summed E-state index contributed by atoms with van der Waals surface area (Å²) < 4.78 is 21.5. The highest BCUT2D eigenvalue weighted by atomic mass is 31.2. The molecule has 136 valence electrons. The summed E-state index contributed by atoms with van der Waals surface area (Å²) in [6, 6.07) is 23.3. The second-order valence-electron chi connectivity index (χ2n) is 5.94. The number of para-hydroxylation sites is 2. The smallest absolute Gasteiger partial charge is 0.395 e. The van der Waals surface area contributed by atoms with Crippen LogP contribution in [-0.4, -0.2) is 4.89 Å². The Balaban J connectivity index is 0.000000228. The Kier molecular flexibility index (Phi) is 7.02. The van der Waals surface area contributed by atoms with Gasteiger partial charge in [0.15, 0.2) is 0 Å². The molecule has 3 rings (SSSR count). The normalized spacial score (nSPS) is 10.5. The van der Waals surface area contributed by atoms with Gasteiger partial charge in [0.2, 0.25) is 0 Å². The minimum atomic E-state index is -4.14. The molecule has 0 spiro atoms. The third-order valence-corrected chi connectivity index (χ3v) is 4.18. The molecule has 0 atom stereocenters. The van der Waals surface area contributed by atoms with Crippen LogP contribution in [0.4, 0.5) is 0 Å². The molecule has 0 aliphatic rings. The zero-order valence-corrected chi connectivity index (χ0v) is 16.0. The second-order valence-corrected chi connectivity index (χ2v) is 7.24. The number of aryl methyl sites for hydroxylation is 3. The fourth-order valence-electron chi connectivity index (χ4n) is 2.45. The van der Waals surface area contributed by atoms with Crippen molar-refractivity contribution in [3.8, 4) is 11.5 Å². The lowest BCUT2D eigenvalue weighted by Gasteiger charge is -2.13. The minimum Gasteiger partial charge on any atom is -0.395 e. The van der Waals surface area contributed by atoms with E-state index in [1.54, 1.807) is 60.7 Å². The Hall–Kier alpha value is -2.55. The lowest BCUT2D eigenvalue weighted by Crippen LogP contribution is -1.99. The van der Waals surface area contributed by atoms with Crippen LogP contribution in [0.2, 0.25) is 0 Å². The van der Waals surface area contributed by atoms with Crippen molar-refractivity contribution in [2.24, 2.45) is 0 Å². The van der Waals surface area contributed by atoms with Crippen molar-refractivity contribution in [3.63, 3.8) is 0 Å². The van der Waals surface area contributed by atoms with Gasteiger partial charge in [-0.05, 0) is 45.0 Å². The van der Waals surface area contributed by atoms with Crippen molar-refractivity contribution < 1.29 is 18.5 Å². The standard InChI is InChI=1S/C12H11O4P.C9H12/c13-17(14,15-11-7-3-1-4-8-11)16-12-9-5-2-6-10-12;1-7-4-8(2)6-9(3)5-7/h1-10H,(H,13,14);4-6H,1-3H3. The van der Waals surface area contributed by atoms with Crippen LogP contribution in [-0.2, 0) is 4.57 Å². The average molecular weight is 370 g/mol. The largest absolute Gasteiger partial charge is 0.584 e. The minimum absolute atomic E-state index is 0.286. The Morgan fingerprint density at radius 2 is 0.962 bits per heavy atom. The summed E-state index contributed by atoms with van der Waals surface area (Å²) in [6.45, 7) is 6.38. The van der Waals surface area contributed by atoms with E-state index in [-0.39, 0.29) is 11.5 Å². The van der Waals surface area contributed by atoms with Gasteiger partial charge in [0.25, 0.3) is 0 Å². The fourth-order valence-corrected chi connectivity index (χ4v) is 3.26. The molecule has 0 aromatic heterocycles. The summed E-state index contributed by atoms with van der Waals surface area (Å²) in [6.07, 6.45) is 0. The lowest BCUT2D eigenvalue weighted by atomic mass is 10.1. The van der Waals surface area contributed by atoms with E-state index in [4.69, 9.17) is 9.05 Å². The molecule has 0 bridgehead atoms. The number of hydrogen-bond acceptors (Lipinski definition) is 3. The second kappa shape index (κ2) is 9.23. The average Bonchev–Trinajstić information content (AvgIpc) is 2.55. The summed E-state index contributed by atoms with van der Waals surface area (Å²) in [5.74, 6) is 0.573. The number of rotatable bonds is 4. The van der Waals surface area contributed by atoms with Gasteiger partial charge in [-0.15, -0.1) is 0 Å². The van der Waals surface area contributed by atoms with Gasteiger partial charge in [-0.2, -0.15) is 0 Å². The molecule has 0 radical (unpaired) electrons. The predicted octanol–water partition coefficient (Wildman–Crippen LogP) is 5.86. The van der Waals surface area contributed by atoms with Crippen LogP contribution >= 0.6 is 7.82 Å². The molecule has 3 aromatic rings. The summed E-state index contributed by atoms with van der Waals surface area (Å²) in [7, 11) is -4.14. The molecule has 0 saturated carbocycles. The quantitative estimate of drug-likeness (QED) is 0.585. The van der Waals surface area contributed by atoms with Gasteiger partial charge in [0, 0.05) is 0 Å². The maximum Gasteiger partial charge on any atom is 0.584 e. The number of phosphoric acid groups is 1. The first-order valence-corrected chi connectivity index (χ1v) is 9.70. The van der Waals surface area contributed by atoms with Crippen molar-refractivity contribution >= 4 is 7.82 Å². The molecular formula is C21H23O4P. The Labute approximate surface area is 154 Å². The van der Waals surface area contributed by atoms with Crippen molar-refractivity contribution in [2.75, 3.05) is 0 Å². The Morgan fingerprint density at radius 1 is 0.654 bits per heavy atom. The highest BCUT2D eigenvalue weighted by Crippen LogP contribution is 2.44. The number of phosphoric ester groups is 1. The van der Waals surface area contributed by atoms with Crippen LogP contribution in [0.1, 0.15) is 16.7 Å². The van der Waals surface area contributed by atoms with E-state index in [0.29, 0.717) is 0 Å². The summed E-state index contributed by atoms with van der Waals surface area (Å²) in [5.41, 5.74) is 4.06. The zero-order valence-electron chi connectivity index (χ0n) is 15.1. The maximum absolute atomic E-state index is 11.7. The molecule has 26 heavy (non-hydrogen) atoms. The van der Waals surface area contributed by atoms with Crippen molar-refractivity contribution in [3.05, 3.63) is 95.6 Å². The molecule has 0 aliphatic heterocycles. The van der Waals surface area contributed by atoms with E-state index >= 15 is 0 Å². The first-order valence-electron chi connectivity index (χ1n) is 8.21. The van der Waals surface area contributed by atoms with Crippen molar-refractivity contribution in [1.29, 1.82) is 0 Å². The Morgan fingerprint density at radius 3 is 1.27 bits per heavy atom. The van der Waals surface area contributed by atoms with Gasteiger partial charge >= 0.3 is 7.82 Å². The summed E-state index contributed by atoms with van der Waals surface area (Å²) in [5, 5.41) is 0. The van der Waals surface area contributed by atoms with Crippen LogP contribution in [0, 0.1) is 20.8 Å². The molecule has 3 aromatic carbocycles. The molecule has 0 amide bonds. The molecule has 5 heteroatoms. The Bertz CT molecular complexity index is 768. The molecule has 0 unspecified atom stereocenters. The third-order valence-electron chi connectivity index (χ3n) is 3.29. The van der Waals surface area contributed by atoms with Crippen LogP contribution in [0.3, 0.4) is 0 Å². The molecule has 0 aliphatic carbocycles. The zero-order chi connectivity index (χ0) is 19.0. The number of benzene rings is 3. The summed E-state index contributed by atoms with van der Waals surface area (Å²) >= 11 is 0. The third kappa shape index (κ3) is 7.14. The highest BCUT2D eigenvalue weighted by Gasteiger charge is 2.24. The van der Waals surface area contributed by atoms with E-state index in [9.17, 15) is 9.46 Å². The van der Waals surface area contributed by atoms with Gasteiger partial charge in [-0.3, -0.25) is 4.89 Å². The van der Waals surface area contributed by atoms with Crippen LogP contribution < -0.4 is 9.05 Å². The molecule has 0 saturated heterocycles. The highest BCUT2D eigenvalue weighted by molar-refractivity contribution is 7.48. The van der Waals surface area contributed by atoms with E-state index in [2.05, 4.69) is 39.0 Å². The van der Waals surface area contributed by atoms with Gasteiger partial charge in [0.1, 0.15) is 11.5 Å². The lowest BCUT2D eigenvalue weighted by molar-refractivity contribution is 0.291. The number of hydrogen-bond donors (Lipinski definition) is 1. The molecular weight excluding hydrogens is 347 g/mol. The van der Waals surface area contributed by atoms with Crippen LogP contribution in [0.25, 0.3) is 0 Å². The topological polar surface area (TPSA) is 55.8 Å². The predicted molar refractivity (Wildman–Crippen MR) is 105 cm³/mol. The van der Waals surface area contributed by atoms with Crippen molar-refractivity contribution in [1.82, 2.24) is 0 Å². The molecule has 0 heterocycles. The first kappa shape index (κ1) is 19.8. The van der Waals surface area contributed by atoms with Crippen LogP contribution in [0.5, 0.6) is 11.5 Å². The summed E-state index contributed by atoms with van der Waals surface area (Å²) in [4.78, 5) is 9.53. The maximum atomic E-state index is 11.7. The van der Waals surface area contributed by atoms with Gasteiger partial charge < -0.3 is 9.05 Å². The van der Waals surface area contributed by atoms with Crippen LogP contribution in [0.15, 0.2) is 78.9 Å². The van der Waals surface area contributed by atoms with Crippen molar-refractivity contribution in [2.45, 2.75) is 20.8 Å². The molecule has 4 nitrogen and oxygen atoms in total. The van der Waals surface area contributed by atoms with Gasteiger partial charge in [-0.25, -0.2) is 4.57 Å². The monoisotopic (exact) mass is 370 g/mol. The van der Waals surface area contributed by atoms with E-state index in [0.717, 1.165) is 0 Å². The first-order chi connectivity index (χ1) is 12.3. The van der Waals surface area contributed by atoms with E-state index < -0.39 is 7.82 Å². The molecule has 1 N–H and O–H groups in total. The fraction of sp³-hybridized carbons (Fsp3) is 0.143.